The van der Waals surface area contributed by atoms with Gasteiger partial charge in [-0.3, -0.25) is 9.59 Å². The average molecular weight is 367 g/mol. The van der Waals surface area contributed by atoms with Gasteiger partial charge in [0.25, 0.3) is 5.91 Å². The van der Waals surface area contributed by atoms with Gasteiger partial charge in [-0.2, -0.15) is 0 Å². The standard InChI is InChI=1S/C22H29N3O2/c1-14(2)21(26)24-8-10-25(11-9-24)22(27)16-5-7-20-18(13-16)17-12-15(3)4-6-19(17)23-20/h5,7,13-15,23H,4,6,8-12H2,1-3H3/t15-/m1/s1. The van der Waals surface area contributed by atoms with Crippen LogP contribution in [0.2, 0.25) is 0 Å². The molecule has 1 fully saturated rings. The molecule has 0 radical (unpaired) electrons. The van der Waals surface area contributed by atoms with Crippen LogP contribution in [0, 0.1) is 11.8 Å². The van der Waals surface area contributed by atoms with E-state index in [1.54, 1.807) is 0 Å². The van der Waals surface area contributed by atoms with Crippen molar-refractivity contribution in [1.82, 2.24) is 14.8 Å². The van der Waals surface area contributed by atoms with Crippen molar-refractivity contribution in [2.45, 2.75) is 40.0 Å². The molecule has 144 valence electrons. The second kappa shape index (κ2) is 7.02. The first kappa shape index (κ1) is 18.1. The highest BCUT2D eigenvalue weighted by atomic mass is 16.2. The summed E-state index contributed by atoms with van der Waals surface area (Å²) in [7, 11) is 0. The lowest BCUT2D eigenvalue weighted by Gasteiger charge is -2.35. The van der Waals surface area contributed by atoms with E-state index >= 15 is 0 Å². The summed E-state index contributed by atoms with van der Waals surface area (Å²) in [4.78, 5) is 32.5. The number of aryl methyl sites for hydroxylation is 1. The Bertz CT molecular complexity index is 875. The number of carbonyl (C=O) groups is 2. The monoisotopic (exact) mass is 367 g/mol. The number of hydrogen-bond acceptors (Lipinski definition) is 2. The highest BCUT2D eigenvalue weighted by Crippen LogP contribution is 2.32. The predicted molar refractivity (Wildman–Crippen MR) is 107 cm³/mol. The van der Waals surface area contributed by atoms with Crippen LogP contribution in [0.15, 0.2) is 18.2 Å². The molecule has 27 heavy (non-hydrogen) atoms. The number of fused-ring (bicyclic) bond motifs is 3. The number of amides is 2. The van der Waals surface area contributed by atoms with Crippen LogP contribution >= 0.6 is 0 Å². The van der Waals surface area contributed by atoms with E-state index in [-0.39, 0.29) is 17.7 Å². The van der Waals surface area contributed by atoms with Gasteiger partial charge in [-0.05, 0) is 48.9 Å². The second-order valence-electron chi connectivity index (χ2n) is 8.46. The van der Waals surface area contributed by atoms with Gasteiger partial charge in [0.1, 0.15) is 0 Å². The maximum absolute atomic E-state index is 13.0. The smallest absolute Gasteiger partial charge is 0.253 e. The van der Waals surface area contributed by atoms with Gasteiger partial charge in [-0.1, -0.05) is 20.8 Å². The van der Waals surface area contributed by atoms with E-state index in [2.05, 4.69) is 18.0 Å². The molecule has 1 saturated heterocycles. The average Bonchev–Trinajstić information content (AvgIpc) is 3.04. The van der Waals surface area contributed by atoms with Crippen LogP contribution < -0.4 is 0 Å². The summed E-state index contributed by atoms with van der Waals surface area (Å²) in [6, 6.07) is 6.04. The van der Waals surface area contributed by atoms with E-state index < -0.39 is 0 Å². The lowest BCUT2D eigenvalue weighted by atomic mass is 9.87. The lowest BCUT2D eigenvalue weighted by molar-refractivity contribution is -0.135. The Balaban J connectivity index is 1.52. The quantitative estimate of drug-likeness (QED) is 0.886. The van der Waals surface area contributed by atoms with Crippen molar-refractivity contribution in [2.75, 3.05) is 26.2 Å². The molecule has 2 heterocycles. The third kappa shape index (κ3) is 3.35. The Morgan fingerprint density at radius 3 is 2.52 bits per heavy atom. The fourth-order valence-corrected chi connectivity index (χ4v) is 4.40. The Hall–Kier alpha value is -2.30. The Labute approximate surface area is 160 Å². The van der Waals surface area contributed by atoms with Crippen LogP contribution in [-0.4, -0.2) is 52.8 Å². The van der Waals surface area contributed by atoms with Crippen LogP contribution in [0.4, 0.5) is 0 Å². The van der Waals surface area contributed by atoms with E-state index in [0.717, 1.165) is 23.9 Å². The molecular formula is C22H29N3O2. The van der Waals surface area contributed by atoms with Gasteiger partial charge in [-0.25, -0.2) is 0 Å². The number of aromatic amines is 1. The van der Waals surface area contributed by atoms with Crippen molar-refractivity contribution in [3.63, 3.8) is 0 Å². The molecule has 1 aromatic heterocycles. The SMILES string of the molecule is CC(C)C(=O)N1CCN(C(=O)c2ccc3[nH]c4c(c3c2)C[C@H](C)CC4)CC1. The zero-order valence-corrected chi connectivity index (χ0v) is 16.5. The minimum atomic E-state index is 0.0109. The highest BCUT2D eigenvalue weighted by Gasteiger charge is 2.27. The fourth-order valence-electron chi connectivity index (χ4n) is 4.40. The number of H-pyrrole nitrogens is 1. The first-order chi connectivity index (χ1) is 12.9. The molecule has 1 aliphatic heterocycles. The van der Waals surface area contributed by atoms with Crippen molar-refractivity contribution < 1.29 is 9.59 Å². The molecule has 0 spiro atoms. The maximum atomic E-state index is 13.0. The molecule has 0 unspecified atom stereocenters. The second-order valence-corrected chi connectivity index (χ2v) is 8.46. The first-order valence-electron chi connectivity index (χ1n) is 10.2. The van der Waals surface area contributed by atoms with Crippen molar-refractivity contribution in [3.05, 3.63) is 35.0 Å². The largest absolute Gasteiger partial charge is 0.358 e. The van der Waals surface area contributed by atoms with Crippen molar-refractivity contribution in [3.8, 4) is 0 Å². The highest BCUT2D eigenvalue weighted by molar-refractivity contribution is 5.99. The van der Waals surface area contributed by atoms with Crippen molar-refractivity contribution in [2.24, 2.45) is 11.8 Å². The minimum absolute atomic E-state index is 0.0109. The van der Waals surface area contributed by atoms with Crippen LogP contribution in [0.5, 0.6) is 0 Å². The molecule has 2 amide bonds. The fraction of sp³-hybridized carbons (Fsp3) is 0.545. The lowest BCUT2D eigenvalue weighted by Crippen LogP contribution is -2.51. The molecule has 1 aromatic carbocycles. The Morgan fingerprint density at radius 2 is 1.81 bits per heavy atom. The summed E-state index contributed by atoms with van der Waals surface area (Å²) in [6.07, 6.45) is 3.41. The molecule has 1 N–H and O–H groups in total. The molecule has 0 bridgehead atoms. The van der Waals surface area contributed by atoms with Crippen LogP contribution in [-0.2, 0) is 17.6 Å². The van der Waals surface area contributed by atoms with E-state index in [4.69, 9.17) is 0 Å². The number of carbonyl (C=O) groups excluding carboxylic acids is 2. The maximum Gasteiger partial charge on any atom is 0.253 e. The van der Waals surface area contributed by atoms with Crippen molar-refractivity contribution >= 4 is 22.7 Å². The normalized spacial score (nSPS) is 20.2. The molecule has 4 rings (SSSR count). The topological polar surface area (TPSA) is 56.4 Å². The Kier molecular flexibility index (Phi) is 4.70. The van der Waals surface area contributed by atoms with Gasteiger partial charge in [0.2, 0.25) is 5.91 Å². The summed E-state index contributed by atoms with van der Waals surface area (Å²) in [5.74, 6) is 0.961. The molecular weight excluding hydrogens is 338 g/mol. The third-order valence-corrected chi connectivity index (χ3v) is 6.05. The van der Waals surface area contributed by atoms with Crippen LogP contribution in [0.1, 0.15) is 48.8 Å². The van der Waals surface area contributed by atoms with Gasteiger partial charge < -0.3 is 14.8 Å². The molecule has 5 nitrogen and oxygen atoms in total. The van der Waals surface area contributed by atoms with Crippen LogP contribution in [0.3, 0.4) is 0 Å². The van der Waals surface area contributed by atoms with Gasteiger partial charge in [-0.15, -0.1) is 0 Å². The summed E-state index contributed by atoms with van der Waals surface area (Å²) < 4.78 is 0. The summed E-state index contributed by atoms with van der Waals surface area (Å²) in [6.45, 7) is 8.62. The number of piperazine rings is 1. The van der Waals surface area contributed by atoms with Crippen LogP contribution in [0.25, 0.3) is 10.9 Å². The molecule has 2 aromatic rings. The predicted octanol–water partition coefficient (Wildman–Crippen LogP) is 3.23. The number of nitrogens with zero attached hydrogens (tertiary/aromatic N) is 2. The van der Waals surface area contributed by atoms with Gasteiger partial charge in [0.15, 0.2) is 0 Å². The number of nitrogens with one attached hydrogen (secondary N) is 1. The molecule has 2 aliphatic rings. The van der Waals surface area contributed by atoms with E-state index in [9.17, 15) is 9.59 Å². The Morgan fingerprint density at radius 1 is 1.11 bits per heavy atom. The van der Waals surface area contributed by atoms with Gasteiger partial charge in [0.05, 0.1) is 0 Å². The number of aromatic nitrogens is 1. The number of rotatable bonds is 2. The zero-order chi connectivity index (χ0) is 19.1. The first-order valence-corrected chi connectivity index (χ1v) is 10.2. The summed E-state index contributed by atoms with van der Waals surface area (Å²) >= 11 is 0. The number of benzene rings is 1. The van der Waals surface area contributed by atoms with Gasteiger partial charge >= 0.3 is 0 Å². The van der Waals surface area contributed by atoms with Crippen molar-refractivity contribution in [1.29, 1.82) is 0 Å². The van der Waals surface area contributed by atoms with Gasteiger partial charge in [0, 0.05) is 54.3 Å². The molecule has 1 aliphatic carbocycles. The third-order valence-electron chi connectivity index (χ3n) is 6.05. The van der Waals surface area contributed by atoms with E-state index in [1.807, 2.05) is 35.8 Å². The van der Waals surface area contributed by atoms with E-state index in [0.29, 0.717) is 32.1 Å². The molecule has 1 atom stereocenters. The summed E-state index contributed by atoms with van der Waals surface area (Å²) in [5.41, 5.74) is 4.63. The molecule has 0 saturated carbocycles. The minimum Gasteiger partial charge on any atom is -0.358 e. The zero-order valence-electron chi connectivity index (χ0n) is 16.5. The van der Waals surface area contributed by atoms with E-state index in [1.165, 1.54) is 23.1 Å². The number of hydrogen-bond donors (Lipinski definition) is 1. The molecule has 5 heteroatoms. The summed E-state index contributed by atoms with van der Waals surface area (Å²) in [5, 5.41) is 1.20.